The van der Waals surface area contributed by atoms with E-state index in [1.807, 2.05) is 0 Å². The standard InChI is InChI=1S/C6H15N3O3S/c1-6(10)8-3-4-9-13(11,12)5-2-7/h9H,2-5,7H2,1H3,(H,8,10). The molecule has 0 bridgehead atoms. The molecule has 0 saturated heterocycles. The van der Waals surface area contributed by atoms with E-state index in [-0.39, 0.29) is 24.7 Å². The molecule has 0 aliphatic heterocycles. The Hall–Kier alpha value is -0.660. The van der Waals surface area contributed by atoms with Crippen molar-refractivity contribution in [2.24, 2.45) is 5.73 Å². The van der Waals surface area contributed by atoms with Crippen LogP contribution in [0.3, 0.4) is 0 Å². The lowest BCUT2D eigenvalue weighted by molar-refractivity contribution is -0.118. The summed E-state index contributed by atoms with van der Waals surface area (Å²) in [6.07, 6.45) is 0. The average Bonchev–Trinajstić information content (AvgIpc) is 1.98. The van der Waals surface area contributed by atoms with Crippen molar-refractivity contribution in [1.29, 1.82) is 0 Å². The Morgan fingerprint density at radius 2 is 2.00 bits per heavy atom. The Bertz CT molecular complexity index is 250. The van der Waals surface area contributed by atoms with E-state index in [4.69, 9.17) is 5.73 Å². The smallest absolute Gasteiger partial charge is 0.216 e. The zero-order chi connectivity index (χ0) is 10.3. The number of sulfonamides is 1. The molecule has 0 aliphatic rings. The van der Waals surface area contributed by atoms with Gasteiger partial charge in [-0.2, -0.15) is 0 Å². The van der Waals surface area contributed by atoms with Crippen LogP contribution in [0.15, 0.2) is 0 Å². The molecule has 1 amide bonds. The maximum Gasteiger partial charge on any atom is 0.216 e. The Kier molecular flexibility index (Phi) is 5.60. The van der Waals surface area contributed by atoms with Gasteiger partial charge < -0.3 is 11.1 Å². The molecule has 0 radical (unpaired) electrons. The van der Waals surface area contributed by atoms with Gasteiger partial charge in [0.05, 0.1) is 5.75 Å². The van der Waals surface area contributed by atoms with E-state index in [1.54, 1.807) is 0 Å². The molecular formula is C6H15N3O3S. The SMILES string of the molecule is CC(=O)NCCNS(=O)(=O)CCN. The van der Waals surface area contributed by atoms with Crippen LogP contribution in [-0.4, -0.2) is 39.7 Å². The quantitative estimate of drug-likeness (QED) is 0.440. The second-order valence-corrected chi connectivity index (χ2v) is 4.41. The third-order valence-electron chi connectivity index (χ3n) is 1.21. The van der Waals surface area contributed by atoms with Crippen LogP contribution in [0.2, 0.25) is 0 Å². The fourth-order valence-electron chi connectivity index (χ4n) is 0.672. The highest BCUT2D eigenvalue weighted by Gasteiger charge is 2.06. The molecule has 6 nitrogen and oxygen atoms in total. The first-order chi connectivity index (χ1) is 5.98. The highest BCUT2D eigenvalue weighted by molar-refractivity contribution is 7.89. The third kappa shape index (κ3) is 7.69. The summed E-state index contributed by atoms with van der Waals surface area (Å²) in [5.41, 5.74) is 5.08. The lowest BCUT2D eigenvalue weighted by Crippen LogP contribution is -2.36. The number of hydrogen-bond donors (Lipinski definition) is 3. The van der Waals surface area contributed by atoms with Crippen LogP contribution in [0, 0.1) is 0 Å². The lowest BCUT2D eigenvalue weighted by Gasteiger charge is -2.05. The van der Waals surface area contributed by atoms with Crippen molar-refractivity contribution in [2.45, 2.75) is 6.92 Å². The van der Waals surface area contributed by atoms with Crippen molar-refractivity contribution in [3.05, 3.63) is 0 Å². The Morgan fingerprint density at radius 1 is 1.38 bits per heavy atom. The molecule has 0 aliphatic carbocycles. The van der Waals surface area contributed by atoms with Crippen molar-refractivity contribution in [2.75, 3.05) is 25.4 Å². The van der Waals surface area contributed by atoms with Gasteiger partial charge >= 0.3 is 0 Å². The summed E-state index contributed by atoms with van der Waals surface area (Å²) in [5, 5.41) is 2.46. The van der Waals surface area contributed by atoms with E-state index in [2.05, 4.69) is 10.0 Å². The van der Waals surface area contributed by atoms with Gasteiger partial charge in [0.1, 0.15) is 0 Å². The van der Waals surface area contributed by atoms with Crippen LogP contribution in [0.5, 0.6) is 0 Å². The molecule has 0 aromatic rings. The minimum Gasteiger partial charge on any atom is -0.355 e. The average molecular weight is 209 g/mol. The summed E-state index contributed by atoms with van der Waals surface area (Å²) in [6, 6.07) is 0. The summed E-state index contributed by atoms with van der Waals surface area (Å²) in [7, 11) is -3.26. The summed E-state index contributed by atoms with van der Waals surface area (Å²) < 4.78 is 24.2. The van der Waals surface area contributed by atoms with E-state index in [0.29, 0.717) is 6.54 Å². The number of nitrogens with two attached hydrogens (primary N) is 1. The molecule has 13 heavy (non-hydrogen) atoms. The minimum absolute atomic E-state index is 0.0902. The van der Waals surface area contributed by atoms with E-state index < -0.39 is 10.0 Å². The first kappa shape index (κ1) is 12.3. The molecule has 0 fully saturated rings. The van der Waals surface area contributed by atoms with E-state index in [1.165, 1.54) is 6.92 Å². The molecular weight excluding hydrogens is 194 g/mol. The zero-order valence-electron chi connectivity index (χ0n) is 7.54. The van der Waals surface area contributed by atoms with Crippen LogP contribution in [0.1, 0.15) is 6.92 Å². The summed E-state index contributed by atoms with van der Waals surface area (Å²) in [5.74, 6) is -0.273. The minimum atomic E-state index is -3.26. The molecule has 0 saturated carbocycles. The number of hydrogen-bond acceptors (Lipinski definition) is 4. The van der Waals surface area contributed by atoms with Crippen LogP contribution >= 0.6 is 0 Å². The molecule has 78 valence electrons. The fourth-order valence-corrected chi connectivity index (χ4v) is 1.54. The lowest BCUT2D eigenvalue weighted by atomic mass is 10.6. The van der Waals surface area contributed by atoms with Gasteiger partial charge in [-0.15, -0.1) is 0 Å². The van der Waals surface area contributed by atoms with Crippen molar-refractivity contribution < 1.29 is 13.2 Å². The topological polar surface area (TPSA) is 101 Å². The van der Waals surface area contributed by atoms with Gasteiger partial charge in [0, 0.05) is 26.6 Å². The molecule has 0 heterocycles. The van der Waals surface area contributed by atoms with E-state index in [9.17, 15) is 13.2 Å². The Morgan fingerprint density at radius 3 is 2.46 bits per heavy atom. The summed E-state index contributed by atoms with van der Waals surface area (Å²) >= 11 is 0. The molecule has 0 atom stereocenters. The first-order valence-electron chi connectivity index (χ1n) is 3.90. The summed E-state index contributed by atoms with van der Waals surface area (Å²) in [6.45, 7) is 1.95. The molecule has 0 unspecified atom stereocenters. The van der Waals surface area contributed by atoms with Gasteiger partial charge in [0.25, 0.3) is 0 Å². The molecule has 4 N–H and O–H groups in total. The van der Waals surface area contributed by atoms with Gasteiger partial charge in [-0.3, -0.25) is 4.79 Å². The van der Waals surface area contributed by atoms with Crippen molar-refractivity contribution in [1.82, 2.24) is 10.0 Å². The molecule has 7 heteroatoms. The van der Waals surface area contributed by atoms with Gasteiger partial charge in [0.2, 0.25) is 15.9 Å². The Balaban J connectivity index is 3.58. The summed E-state index contributed by atoms with van der Waals surface area (Å²) in [4.78, 5) is 10.4. The van der Waals surface area contributed by atoms with Crippen LogP contribution in [0.4, 0.5) is 0 Å². The van der Waals surface area contributed by atoms with Gasteiger partial charge in [-0.1, -0.05) is 0 Å². The van der Waals surface area contributed by atoms with Gasteiger partial charge in [0.15, 0.2) is 0 Å². The number of rotatable bonds is 6. The maximum absolute atomic E-state index is 11.0. The molecule has 0 spiro atoms. The maximum atomic E-state index is 11.0. The van der Waals surface area contributed by atoms with E-state index >= 15 is 0 Å². The fraction of sp³-hybridized carbons (Fsp3) is 0.833. The number of nitrogens with one attached hydrogen (secondary N) is 2. The number of carbonyl (C=O) groups is 1. The highest BCUT2D eigenvalue weighted by Crippen LogP contribution is 1.79. The predicted octanol–water partition coefficient (Wildman–Crippen LogP) is -2.00. The number of amides is 1. The van der Waals surface area contributed by atoms with Crippen LogP contribution in [-0.2, 0) is 14.8 Å². The largest absolute Gasteiger partial charge is 0.355 e. The molecule has 0 rings (SSSR count). The van der Waals surface area contributed by atoms with Crippen LogP contribution in [0.25, 0.3) is 0 Å². The normalized spacial score (nSPS) is 11.2. The van der Waals surface area contributed by atoms with Gasteiger partial charge in [-0.25, -0.2) is 13.1 Å². The Labute approximate surface area is 77.9 Å². The predicted molar refractivity (Wildman–Crippen MR) is 49.5 cm³/mol. The van der Waals surface area contributed by atoms with Crippen molar-refractivity contribution in [3.63, 3.8) is 0 Å². The second-order valence-electron chi connectivity index (χ2n) is 2.48. The third-order valence-corrected chi connectivity index (χ3v) is 2.62. The van der Waals surface area contributed by atoms with Crippen molar-refractivity contribution >= 4 is 15.9 Å². The molecule has 0 aromatic heterocycles. The number of carbonyl (C=O) groups excluding carboxylic acids is 1. The highest BCUT2D eigenvalue weighted by atomic mass is 32.2. The van der Waals surface area contributed by atoms with Crippen LogP contribution < -0.4 is 15.8 Å². The second kappa shape index (κ2) is 5.90. The molecule has 0 aromatic carbocycles. The zero-order valence-corrected chi connectivity index (χ0v) is 8.36. The van der Waals surface area contributed by atoms with Gasteiger partial charge in [-0.05, 0) is 0 Å². The van der Waals surface area contributed by atoms with E-state index in [0.717, 1.165) is 0 Å². The monoisotopic (exact) mass is 209 g/mol. The first-order valence-corrected chi connectivity index (χ1v) is 5.55. The van der Waals surface area contributed by atoms with Crippen molar-refractivity contribution in [3.8, 4) is 0 Å².